The van der Waals surface area contributed by atoms with Crippen LogP contribution < -0.4 is 5.32 Å². The van der Waals surface area contributed by atoms with E-state index in [4.69, 9.17) is 0 Å². The molecule has 0 unspecified atom stereocenters. The van der Waals surface area contributed by atoms with E-state index in [1.807, 2.05) is 43.5 Å². The molecule has 1 fully saturated rings. The zero-order valence-corrected chi connectivity index (χ0v) is 24.0. The summed E-state index contributed by atoms with van der Waals surface area (Å²) in [6, 6.07) is 16.9. The summed E-state index contributed by atoms with van der Waals surface area (Å²) in [7, 11) is 0. The molecule has 0 atom stereocenters. The van der Waals surface area contributed by atoms with E-state index in [2.05, 4.69) is 62.9 Å². The van der Waals surface area contributed by atoms with Gasteiger partial charge in [0.05, 0.1) is 11.4 Å². The number of H-pyrrole nitrogens is 2. The Balaban J connectivity index is 1.30. The molecule has 6 rings (SSSR count). The van der Waals surface area contributed by atoms with E-state index in [1.165, 1.54) is 38.2 Å². The average Bonchev–Trinajstić information content (AvgIpc) is 3.63. The Bertz CT molecular complexity index is 1830. The number of hydrogen-bond acceptors (Lipinski definition) is 3. The maximum Gasteiger partial charge on any atom is 0.181 e. The van der Waals surface area contributed by atoms with Crippen LogP contribution in [0.1, 0.15) is 51.0 Å². The first-order valence-corrected chi connectivity index (χ1v) is 14.7. The Morgan fingerprint density at radius 3 is 2.69 bits per heavy atom. The molecule has 3 N–H and O–H groups in total. The van der Waals surface area contributed by atoms with Gasteiger partial charge < -0.3 is 10.3 Å². The number of aromatic nitrogens is 4. The van der Waals surface area contributed by atoms with Gasteiger partial charge in [0.15, 0.2) is 5.65 Å². The quantitative estimate of drug-likeness (QED) is 0.158. The highest BCUT2D eigenvalue weighted by Crippen LogP contribution is 2.35. The number of rotatable bonds is 9. The first-order valence-electron chi connectivity index (χ1n) is 14.7. The Labute approximate surface area is 246 Å². The van der Waals surface area contributed by atoms with Crippen LogP contribution in [0.25, 0.3) is 50.0 Å². The van der Waals surface area contributed by atoms with Crippen LogP contribution in [0.2, 0.25) is 0 Å². The lowest BCUT2D eigenvalue weighted by molar-refractivity contribution is 0.353. The SMILES string of the molecule is C=C/C(=C\C(=C/C)c1cnc2n[nH]c(-c3cc4c(-c5cccc(F)c5)cccc4[nH]3)c2c1)NC(=C)CC1CCCCC1. The number of nitrogens with one attached hydrogen (secondary N) is 3. The lowest BCUT2D eigenvalue weighted by Gasteiger charge is -2.23. The molecule has 0 amide bonds. The van der Waals surface area contributed by atoms with Crippen molar-refractivity contribution in [3.63, 3.8) is 0 Å². The molecule has 0 radical (unpaired) electrons. The Hall–Kier alpha value is -4.71. The zero-order valence-electron chi connectivity index (χ0n) is 24.0. The molecular formula is C36H36FN5. The fourth-order valence-electron chi connectivity index (χ4n) is 6.10. The first-order chi connectivity index (χ1) is 20.5. The first kappa shape index (κ1) is 27.5. The molecule has 1 saturated carbocycles. The lowest BCUT2D eigenvalue weighted by atomic mass is 9.86. The lowest BCUT2D eigenvalue weighted by Crippen LogP contribution is -2.15. The van der Waals surface area contributed by atoms with Gasteiger partial charge in [0.2, 0.25) is 0 Å². The molecule has 2 aromatic carbocycles. The van der Waals surface area contributed by atoms with Crippen molar-refractivity contribution < 1.29 is 4.39 Å². The molecule has 5 nitrogen and oxygen atoms in total. The minimum atomic E-state index is -0.254. The van der Waals surface area contributed by atoms with E-state index in [0.29, 0.717) is 11.6 Å². The van der Waals surface area contributed by atoms with Gasteiger partial charge in [-0.25, -0.2) is 9.37 Å². The number of nitrogens with zero attached hydrogens (tertiary/aromatic N) is 2. The number of aromatic amines is 2. The summed E-state index contributed by atoms with van der Waals surface area (Å²) in [5.41, 5.74) is 9.09. The Morgan fingerprint density at radius 2 is 1.90 bits per heavy atom. The van der Waals surface area contributed by atoms with Crippen LogP contribution in [-0.2, 0) is 0 Å². The van der Waals surface area contributed by atoms with Crippen LogP contribution in [-0.4, -0.2) is 20.2 Å². The predicted octanol–water partition coefficient (Wildman–Crippen LogP) is 9.46. The minimum Gasteiger partial charge on any atom is -0.359 e. The molecular weight excluding hydrogens is 521 g/mol. The molecule has 3 aromatic heterocycles. The third-order valence-corrected chi connectivity index (χ3v) is 8.23. The van der Waals surface area contributed by atoms with Gasteiger partial charge in [-0.3, -0.25) is 5.10 Å². The third kappa shape index (κ3) is 5.70. The number of allylic oxidation sites excluding steroid dienone is 5. The standard InChI is InChI=1S/C36H36FN5/c1-4-25(19-29(5-2)39-23(3)17-24-11-7-6-8-12-24)27-20-32-35(41-42-36(32)38-22-27)34-21-31-30(15-10-16-33(31)40-34)26-13-9-14-28(37)18-26/h4-5,9-10,13-16,18-22,24,39-40H,2-3,6-8,11-12,17H2,1H3,(H,38,41,42)/b25-4+,29-19+. The fraction of sp³-hybridized carbons (Fsp3) is 0.222. The van der Waals surface area contributed by atoms with E-state index in [-0.39, 0.29) is 5.82 Å². The van der Waals surface area contributed by atoms with Crippen LogP contribution in [0.5, 0.6) is 0 Å². The van der Waals surface area contributed by atoms with E-state index < -0.39 is 0 Å². The highest BCUT2D eigenvalue weighted by atomic mass is 19.1. The summed E-state index contributed by atoms with van der Waals surface area (Å²) >= 11 is 0. The normalized spacial score (nSPS) is 14.9. The van der Waals surface area contributed by atoms with Gasteiger partial charge >= 0.3 is 0 Å². The van der Waals surface area contributed by atoms with Gasteiger partial charge in [0.1, 0.15) is 5.82 Å². The van der Waals surface area contributed by atoms with Gasteiger partial charge in [-0.15, -0.1) is 0 Å². The summed E-state index contributed by atoms with van der Waals surface area (Å²) in [5.74, 6) is 0.460. The molecule has 5 aromatic rings. The summed E-state index contributed by atoms with van der Waals surface area (Å²) in [5, 5.41) is 13.1. The van der Waals surface area contributed by atoms with Crippen molar-refractivity contribution >= 4 is 27.5 Å². The maximum atomic E-state index is 14.0. The smallest absolute Gasteiger partial charge is 0.181 e. The van der Waals surface area contributed by atoms with E-state index in [9.17, 15) is 4.39 Å². The second kappa shape index (κ2) is 12.0. The largest absolute Gasteiger partial charge is 0.359 e. The Kier molecular flexibility index (Phi) is 7.87. The summed E-state index contributed by atoms with van der Waals surface area (Å²) in [4.78, 5) is 8.19. The van der Waals surface area contributed by atoms with Crippen molar-refractivity contribution in [2.45, 2.75) is 45.4 Å². The molecule has 0 spiro atoms. The fourth-order valence-corrected chi connectivity index (χ4v) is 6.10. The van der Waals surface area contributed by atoms with Crippen molar-refractivity contribution in [3.05, 3.63) is 115 Å². The molecule has 1 aliphatic carbocycles. The van der Waals surface area contributed by atoms with Gasteiger partial charge in [0, 0.05) is 39.4 Å². The van der Waals surface area contributed by atoms with Crippen LogP contribution in [0.4, 0.5) is 4.39 Å². The summed E-state index contributed by atoms with van der Waals surface area (Å²) in [6.07, 6.45) is 15.4. The summed E-state index contributed by atoms with van der Waals surface area (Å²) in [6.45, 7) is 10.4. The number of benzene rings is 2. The van der Waals surface area contributed by atoms with E-state index in [0.717, 1.165) is 67.8 Å². The second-order valence-electron chi connectivity index (χ2n) is 11.1. The molecule has 6 heteroatoms. The van der Waals surface area contributed by atoms with Crippen molar-refractivity contribution in [3.8, 4) is 22.5 Å². The third-order valence-electron chi connectivity index (χ3n) is 8.23. The Morgan fingerprint density at radius 1 is 1.07 bits per heavy atom. The van der Waals surface area contributed by atoms with Gasteiger partial charge in [0.25, 0.3) is 0 Å². The molecule has 3 heterocycles. The zero-order chi connectivity index (χ0) is 29.1. The van der Waals surface area contributed by atoms with E-state index in [1.54, 1.807) is 12.1 Å². The second-order valence-corrected chi connectivity index (χ2v) is 11.1. The van der Waals surface area contributed by atoms with Crippen molar-refractivity contribution in [1.29, 1.82) is 0 Å². The molecule has 1 aliphatic rings. The molecule has 0 aliphatic heterocycles. The number of pyridine rings is 1. The molecule has 0 bridgehead atoms. The van der Waals surface area contributed by atoms with Gasteiger partial charge in [-0.1, -0.05) is 75.6 Å². The van der Waals surface area contributed by atoms with Crippen LogP contribution in [0.3, 0.4) is 0 Å². The van der Waals surface area contributed by atoms with Gasteiger partial charge in [-0.05, 0) is 78.4 Å². The van der Waals surface area contributed by atoms with E-state index >= 15 is 0 Å². The van der Waals surface area contributed by atoms with Crippen molar-refractivity contribution in [1.82, 2.24) is 25.5 Å². The van der Waals surface area contributed by atoms with Crippen LogP contribution >= 0.6 is 0 Å². The number of hydrogen-bond donors (Lipinski definition) is 3. The number of halogens is 1. The number of fused-ring (bicyclic) bond motifs is 2. The highest BCUT2D eigenvalue weighted by Gasteiger charge is 2.16. The maximum absolute atomic E-state index is 14.0. The predicted molar refractivity (Wildman–Crippen MR) is 172 cm³/mol. The van der Waals surface area contributed by atoms with Crippen LogP contribution in [0, 0.1) is 11.7 Å². The van der Waals surface area contributed by atoms with Crippen molar-refractivity contribution in [2.24, 2.45) is 5.92 Å². The molecule has 212 valence electrons. The molecule has 42 heavy (non-hydrogen) atoms. The van der Waals surface area contributed by atoms with Gasteiger partial charge in [-0.2, -0.15) is 5.10 Å². The average molecular weight is 558 g/mol. The van der Waals surface area contributed by atoms with Crippen LogP contribution in [0.15, 0.2) is 104 Å². The topological polar surface area (TPSA) is 69.4 Å². The summed E-state index contributed by atoms with van der Waals surface area (Å²) < 4.78 is 14.0. The van der Waals surface area contributed by atoms with Crippen molar-refractivity contribution in [2.75, 3.05) is 0 Å². The minimum absolute atomic E-state index is 0.254. The monoisotopic (exact) mass is 557 g/mol. The highest BCUT2D eigenvalue weighted by molar-refractivity contribution is 6.01. The molecule has 0 saturated heterocycles.